The van der Waals surface area contributed by atoms with E-state index < -0.39 is 6.04 Å². The van der Waals surface area contributed by atoms with Crippen molar-refractivity contribution in [1.29, 1.82) is 0 Å². The molecule has 0 radical (unpaired) electrons. The van der Waals surface area contributed by atoms with Gasteiger partial charge in [0.15, 0.2) is 0 Å². The quantitative estimate of drug-likeness (QED) is 0.494. The molecule has 1 atom stereocenters. The summed E-state index contributed by atoms with van der Waals surface area (Å²) in [6.45, 7) is 3.32. The number of anilines is 2. The van der Waals surface area contributed by atoms with Crippen LogP contribution in [0.5, 0.6) is 0 Å². The highest BCUT2D eigenvalue weighted by atomic mass is 16.2. The molecule has 9 nitrogen and oxygen atoms in total. The van der Waals surface area contributed by atoms with Gasteiger partial charge < -0.3 is 9.80 Å². The van der Waals surface area contributed by atoms with Gasteiger partial charge in [0.2, 0.25) is 17.8 Å². The Bertz CT molecular complexity index is 1400. The van der Waals surface area contributed by atoms with E-state index in [4.69, 9.17) is 0 Å². The molecule has 0 bridgehead atoms. The Kier molecular flexibility index (Phi) is 6.83. The van der Waals surface area contributed by atoms with E-state index in [0.29, 0.717) is 30.4 Å². The maximum Gasteiger partial charge on any atom is 0.255 e. The number of likely N-dealkylation sites (tertiary alicyclic amines) is 1. The van der Waals surface area contributed by atoms with E-state index in [1.54, 1.807) is 17.3 Å². The summed E-state index contributed by atoms with van der Waals surface area (Å²) in [6.07, 6.45) is 6.26. The van der Waals surface area contributed by atoms with E-state index in [-0.39, 0.29) is 24.1 Å². The van der Waals surface area contributed by atoms with Crippen molar-refractivity contribution in [3.8, 4) is 0 Å². The summed E-state index contributed by atoms with van der Waals surface area (Å²) < 4.78 is 0. The molecule has 6 rings (SSSR count). The van der Waals surface area contributed by atoms with Gasteiger partial charge in [-0.25, -0.2) is 9.97 Å². The summed E-state index contributed by atoms with van der Waals surface area (Å²) in [4.78, 5) is 51.7. The van der Waals surface area contributed by atoms with Crippen LogP contribution in [-0.2, 0) is 22.7 Å². The lowest BCUT2D eigenvalue weighted by molar-refractivity contribution is -0.136. The van der Waals surface area contributed by atoms with Crippen LogP contribution in [0.3, 0.4) is 0 Å². The Morgan fingerprint density at radius 1 is 0.974 bits per heavy atom. The van der Waals surface area contributed by atoms with Crippen molar-refractivity contribution in [1.82, 2.24) is 25.1 Å². The molecule has 3 amide bonds. The minimum atomic E-state index is -0.576. The first-order valence-corrected chi connectivity index (χ1v) is 13.6. The smallest absolute Gasteiger partial charge is 0.255 e. The molecule has 39 heavy (non-hydrogen) atoms. The highest BCUT2D eigenvalue weighted by Crippen LogP contribution is 2.34. The normalized spacial score (nSPS) is 20.2. The van der Waals surface area contributed by atoms with Crippen LogP contribution in [-0.4, -0.2) is 63.7 Å². The zero-order valence-electron chi connectivity index (χ0n) is 22.0. The molecule has 0 saturated carbocycles. The van der Waals surface area contributed by atoms with E-state index in [1.165, 1.54) is 11.1 Å². The number of carbonyl (C=O) groups excluding carboxylic acids is 3. The number of imide groups is 1. The van der Waals surface area contributed by atoms with Gasteiger partial charge in [0.25, 0.3) is 5.91 Å². The maximum absolute atomic E-state index is 13.0. The van der Waals surface area contributed by atoms with Gasteiger partial charge in [-0.15, -0.1) is 0 Å². The Morgan fingerprint density at radius 2 is 1.77 bits per heavy atom. The fourth-order valence-electron chi connectivity index (χ4n) is 5.97. The monoisotopic (exact) mass is 524 g/mol. The number of carbonyl (C=O) groups is 3. The number of hydrogen-bond acceptors (Lipinski definition) is 7. The van der Waals surface area contributed by atoms with Gasteiger partial charge in [0.1, 0.15) is 6.04 Å². The average Bonchev–Trinajstić information content (AvgIpc) is 3.29. The molecule has 9 heteroatoms. The molecular weight excluding hydrogens is 492 g/mol. The summed E-state index contributed by atoms with van der Waals surface area (Å²) in [5, 5.41) is 2.37. The zero-order chi connectivity index (χ0) is 26.9. The van der Waals surface area contributed by atoms with Gasteiger partial charge >= 0.3 is 0 Å². The number of amides is 3. The second kappa shape index (κ2) is 10.6. The van der Waals surface area contributed by atoms with Crippen LogP contribution in [0.1, 0.15) is 58.6 Å². The van der Waals surface area contributed by atoms with Crippen LogP contribution in [0, 0.1) is 0 Å². The van der Waals surface area contributed by atoms with Gasteiger partial charge in [-0.2, -0.15) is 0 Å². The predicted molar refractivity (Wildman–Crippen MR) is 146 cm³/mol. The van der Waals surface area contributed by atoms with E-state index in [2.05, 4.69) is 56.6 Å². The summed E-state index contributed by atoms with van der Waals surface area (Å²) in [6, 6.07) is 15.9. The Balaban J connectivity index is 1.07. The molecule has 1 N–H and O–H groups in total. The summed E-state index contributed by atoms with van der Waals surface area (Å²) in [5.41, 5.74) is 5.24. The molecule has 3 aliphatic rings. The Hall–Kier alpha value is -4.11. The third-order valence-corrected chi connectivity index (χ3v) is 8.16. The van der Waals surface area contributed by atoms with Crippen LogP contribution >= 0.6 is 0 Å². The van der Waals surface area contributed by atoms with Crippen LogP contribution in [0.4, 0.5) is 11.6 Å². The van der Waals surface area contributed by atoms with E-state index in [0.717, 1.165) is 43.7 Å². The number of nitrogens with one attached hydrogen (secondary N) is 1. The van der Waals surface area contributed by atoms with E-state index in [9.17, 15) is 14.4 Å². The van der Waals surface area contributed by atoms with Crippen LogP contribution in [0.25, 0.3) is 0 Å². The topological polar surface area (TPSA) is 98.7 Å². The Labute approximate surface area is 227 Å². The maximum atomic E-state index is 13.0. The molecular formula is C30H32N6O3. The third-order valence-electron chi connectivity index (χ3n) is 8.16. The van der Waals surface area contributed by atoms with Crippen molar-refractivity contribution in [3.05, 3.63) is 83.2 Å². The highest BCUT2D eigenvalue weighted by molar-refractivity contribution is 6.05. The average molecular weight is 525 g/mol. The number of rotatable bonds is 6. The highest BCUT2D eigenvalue weighted by Gasteiger charge is 2.39. The number of piperidine rings is 2. The second-order valence-electron chi connectivity index (χ2n) is 10.6. The van der Waals surface area contributed by atoms with Gasteiger partial charge in [0.05, 0.1) is 0 Å². The number of benzene rings is 2. The van der Waals surface area contributed by atoms with E-state index in [1.807, 2.05) is 24.1 Å². The van der Waals surface area contributed by atoms with Gasteiger partial charge in [0, 0.05) is 50.2 Å². The molecule has 0 spiro atoms. The lowest BCUT2D eigenvalue weighted by atomic mass is 9.87. The van der Waals surface area contributed by atoms with Crippen LogP contribution < -0.4 is 10.2 Å². The lowest BCUT2D eigenvalue weighted by Crippen LogP contribution is -2.52. The molecule has 2 saturated heterocycles. The van der Waals surface area contributed by atoms with Crippen molar-refractivity contribution in [2.75, 3.05) is 25.0 Å². The van der Waals surface area contributed by atoms with Crippen molar-refractivity contribution in [2.45, 2.75) is 50.7 Å². The summed E-state index contributed by atoms with van der Waals surface area (Å²) in [7, 11) is 1.98. The van der Waals surface area contributed by atoms with Crippen LogP contribution in [0.15, 0.2) is 60.9 Å². The van der Waals surface area contributed by atoms with Gasteiger partial charge in [-0.1, -0.05) is 24.3 Å². The third kappa shape index (κ3) is 5.14. The molecule has 1 unspecified atom stereocenters. The molecule has 200 valence electrons. The molecule has 0 aliphatic carbocycles. The number of nitrogens with zero attached hydrogens (tertiary/aromatic N) is 5. The van der Waals surface area contributed by atoms with E-state index >= 15 is 0 Å². The largest absolute Gasteiger partial charge is 0.322 e. The minimum Gasteiger partial charge on any atom is -0.322 e. The minimum absolute atomic E-state index is 0.118. The fourth-order valence-corrected chi connectivity index (χ4v) is 5.97. The molecule has 2 aromatic carbocycles. The van der Waals surface area contributed by atoms with Gasteiger partial charge in [-0.05, 0) is 79.2 Å². The number of aromatic nitrogens is 2. The van der Waals surface area contributed by atoms with Crippen molar-refractivity contribution >= 4 is 29.4 Å². The number of hydrogen-bond donors (Lipinski definition) is 1. The molecule has 2 fully saturated rings. The van der Waals surface area contributed by atoms with Crippen molar-refractivity contribution < 1.29 is 14.4 Å². The first kappa shape index (κ1) is 25.2. The molecule has 1 aromatic heterocycles. The summed E-state index contributed by atoms with van der Waals surface area (Å²) >= 11 is 0. The number of fused-ring (bicyclic) bond motifs is 1. The van der Waals surface area contributed by atoms with Gasteiger partial charge in [-0.3, -0.25) is 24.6 Å². The Morgan fingerprint density at radius 3 is 2.54 bits per heavy atom. The fraction of sp³-hybridized carbons (Fsp3) is 0.367. The zero-order valence-corrected chi connectivity index (χ0v) is 22.0. The molecule has 4 heterocycles. The second-order valence-corrected chi connectivity index (χ2v) is 10.6. The first-order chi connectivity index (χ1) is 19.0. The van der Waals surface area contributed by atoms with Crippen molar-refractivity contribution in [2.24, 2.45) is 0 Å². The molecule has 3 aromatic rings. The SMILES string of the molecule is CN(c1cccc(CN2CCC(c3ccc4c(c3)CN(C3CCC(=O)NC3=O)C4=O)CC2)c1)c1ncccn1. The van der Waals surface area contributed by atoms with Crippen molar-refractivity contribution in [3.63, 3.8) is 0 Å². The first-order valence-electron chi connectivity index (χ1n) is 13.6. The molecule has 3 aliphatic heterocycles. The van der Waals surface area contributed by atoms with Crippen LogP contribution in [0.2, 0.25) is 0 Å². The lowest BCUT2D eigenvalue weighted by Gasteiger charge is -2.32. The standard InChI is InChI=1S/C30H32N6O3/c1-34(30-31-12-3-13-32-30)24-5-2-4-20(16-24)18-35-14-10-21(11-15-35)22-6-7-25-23(17-22)19-36(29(25)39)26-8-9-27(37)33-28(26)38/h2-7,12-13,16-17,21,26H,8-11,14-15,18-19H2,1H3,(H,33,37,38). The predicted octanol–water partition coefficient (Wildman–Crippen LogP) is 3.39. The summed E-state index contributed by atoms with van der Waals surface area (Å²) in [5.74, 6) is 0.361.